The minimum Gasteiger partial charge on any atom is -0.361 e. The van der Waals surface area contributed by atoms with E-state index in [2.05, 4.69) is 15.9 Å². The zero-order valence-corrected chi connectivity index (χ0v) is 15.5. The van der Waals surface area contributed by atoms with Gasteiger partial charge in [-0.1, -0.05) is 23.7 Å². The maximum absolute atomic E-state index is 14.2. The molecule has 0 aliphatic rings. The fraction of sp³-hybridized carbons (Fsp3) is 0.312. The normalized spacial score (nSPS) is 12.3. The minimum atomic E-state index is -5.85. The van der Waals surface area contributed by atoms with Gasteiger partial charge in [-0.2, -0.15) is 27.2 Å². The highest BCUT2D eigenvalue weighted by atomic mass is 79.9. The number of alkyl halides is 5. The summed E-state index contributed by atoms with van der Waals surface area (Å²) in [5, 5.41) is 9.70. The van der Waals surface area contributed by atoms with Crippen LogP contribution in [0.1, 0.15) is 18.2 Å². The van der Waals surface area contributed by atoms with Gasteiger partial charge in [0.05, 0.1) is 15.7 Å². The summed E-state index contributed by atoms with van der Waals surface area (Å²) in [6.45, 7) is 1.05. The molecule has 2 aromatic rings. The SMILES string of the molecule is CCOCn1c(-c2ccc(Cl)cc2)c(C#N)c(Br)c1C(F)(F)C(F)(F)F. The van der Waals surface area contributed by atoms with E-state index in [1.807, 2.05) is 0 Å². The van der Waals surface area contributed by atoms with Gasteiger partial charge in [-0.25, -0.2) is 0 Å². The van der Waals surface area contributed by atoms with Gasteiger partial charge in [-0.15, -0.1) is 0 Å². The fourth-order valence-electron chi connectivity index (χ4n) is 2.35. The van der Waals surface area contributed by atoms with E-state index < -0.39 is 29.0 Å². The zero-order chi connectivity index (χ0) is 19.7. The highest BCUT2D eigenvalue weighted by Gasteiger charge is 2.62. The molecule has 0 atom stereocenters. The first-order valence-electron chi connectivity index (χ1n) is 7.17. The molecule has 26 heavy (non-hydrogen) atoms. The summed E-state index contributed by atoms with van der Waals surface area (Å²) in [5.41, 5.74) is -1.62. The van der Waals surface area contributed by atoms with Gasteiger partial charge in [-0.05, 0) is 40.5 Å². The molecule has 1 aromatic carbocycles. The predicted octanol–water partition coefficient (Wildman–Crippen LogP) is 6.09. The van der Waals surface area contributed by atoms with Crippen LogP contribution in [-0.4, -0.2) is 17.4 Å². The Kier molecular flexibility index (Phi) is 6.00. The predicted molar refractivity (Wildman–Crippen MR) is 88.9 cm³/mol. The van der Waals surface area contributed by atoms with E-state index in [4.69, 9.17) is 16.3 Å². The molecule has 0 N–H and O–H groups in total. The number of ether oxygens (including phenoxy) is 1. The van der Waals surface area contributed by atoms with Crippen molar-refractivity contribution < 1.29 is 26.7 Å². The minimum absolute atomic E-state index is 0.0781. The van der Waals surface area contributed by atoms with Crippen LogP contribution in [0, 0.1) is 11.3 Å². The summed E-state index contributed by atoms with van der Waals surface area (Å²) in [6.07, 6.45) is -5.85. The molecule has 0 radical (unpaired) electrons. The molecule has 1 aromatic heterocycles. The highest BCUT2D eigenvalue weighted by molar-refractivity contribution is 9.10. The molecular formula is C16H11BrClF5N2O. The topological polar surface area (TPSA) is 38.0 Å². The first-order chi connectivity index (χ1) is 12.1. The Morgan fingerprint density at radius 2 is 1.77 bits per heavy atom. The molecule has 0 spiro atoms. The molecule has 0 aliphatic carbocycles. The van der Waals surface area contributed by atoms with Crippen LogP contribution < -0.4 is 0 Å². The fourth-order valence-corrected chi connectivity index (χ4v) is 3.22. The van der Waals surface area contributed by atoms with Crippen molar-refractivity contribution in [3.63, 3.8) is 0 Å². The van der Waals surface area contributed by atoms with Gasteiger partial charge in [0.1, 0.15) is 18.5 Å². The Morgan fingerprint density at radius 1 is 1.19 bits per heavy atom. The van der Waals surface area contributed by atoms with Crippen LogP contribution in [0.5, 0.6) is 0 Å². The summed E-state index contributed by atoms with van der Waals surface area (Å²) in [6, 6.07) is 7.39. The third-order valence-corrected chi connectivity index (χ3v) is 4.54. The van der Waals surface area contributed by atoms with Crippen LogP contribution in [0.25, 0.3) is 11.3 Å². The van der Waals surface area contributed by atoms with E-state index in [9.17, 15) is 27.2 Å². The molecule has 0 saturated heterocycles. The first kappa shape index (κ1) is 20.7. The lowest BCUT2D eigenvalue weighted by Gasteiger charge is -2.23. The Morgan fingerprint density at radius 3 is 2.23 bits per heavy atom. The summed E-state index contributed by atoms with van der Waals surface area (Å²) >= 11 is 8.53. The largest absolute Gasteiger partial charge is 0.459 e. The van der Waals surface area contributed by atoms with Crippen molar-refractivity contribution >= 4 is 27.5 Å². The average Bonchev–Trinajstić information content (AvgIpc) is 2.84. The maximum atomic E-state index is 14.2. The molecule has 0 fully saturated rings. The zero-order valence-electron chi connectivity index (χ0n) is 13.2. The van der Waals surface area contributed by atoms with Crippen molar-refractivity contribution in [1.82, 2.24) is 4.57 Å². The lowest BCUT2D eigenvalue weighted by atomic mass is 10.1. The van der Waals surface area contributed by atoms with E-state index in [1.165, 1.54) is 24.3 Å². The number of hydrogen-bond acceptors (Lipinski definition) is 2. The van der Waals surface area contributed by atoms with Crippen LogP contribution in [0.4, 0.5) is 22.0 Å². The van der Waals surface area contributed by atoms with E-state index in [0.29, 0.717) is 9.59 Å². The van der Waals surface area contributed by atoms with Crippen LogP contribution in [-0.2, 0) is 17.4 Å². The van der Waals surface area contributed by atoms with Crippen LogP contribution in [0.15, 0.2) is 28.7 Å². The van der Waals surface area contributed by atoms with Gasteiger partial charge in [0, 0.05) is 11.6 Å². The number of hydrogen-bond donors (Lipinski definition) is 0. The van der Waals surface area contributed by atoms with E-state index in [0.717, 1.165) is 0 Å². The standard InChI is InChI=1S/C16H11BrClF5N2O/c1-2-26-8-25-13(9-3-5-10(18)6-4-9)11(7-24)12(17)14(25)15(19,20)16(21,22)23/h3-6H,2,8H2,1H3. The lowest BCUT2D eigenvalue weighted by Crippen LogP contribution is -2.36. The first-order valence-corrected chi connectivity index (χ1v) is 8.34. The van der Waals surface area contributed by atoms with Gasteiger partial charge in [0.15, 0.2) is 0 Å². The van der Waals surface area contributed by atoms with Crippen LogP contribution in [0.2, 0.25) is 5.02 Å². The van der Waals surface area contributed by atoms with Gasteiger partial charge in [0.2, 0.25) is 0 Å². The summed E-state index contributed by atoms with van der Waals surface area (Å²) in [4.78, 5) is 0. The number of nitrogens with zero attached hydrogens (tertiary/aromatic N) is 2. The third-order valence-electron chi connectivity index (χ3n) is 3.51. The van der Waals surface area contributed by atoms with Gasteiger partial charge >= 0.3 is 12.1 Å². The molecule has 3 nitrogen and oxygen atoms in total. The second-order valence-electron chi connectivity index (χ2n) is 5.13. The summed E-state index contributed by atoms with van der Waals surface area (Å²) in [7, 11) is 0. The van der Waals surface area contributed by atoms with E-state index in [-0.39, 0.29) is 23.4 Å². The molecule has 2 rings (SSSR count). The number of benzene rings is 1. The summed E-state index contributed by atoms with van der Waals surface area (Å²) < 4.78 is 72.3. The molecule has 0 aliphatic heterocycles. The Balaban J connectivity index is 2.85. The lowest BCUT2D eigenvalue weighted by molar-refractivity contribution is -0.292. The Labute approximate surface area is 159 Å². The van der Waals surface area contributed by atoms with E-state index >= 15 is 0 Å². The third kappa shape index (κ3) is 3.59. The van der Waals surface area contributed by atoms with Crippen molar-refractivity contribution in [2.75, 3.05) is 6.61 Å². The number of rotatable bonds is 5. The molecule has 1 heterocycles. The molecule has 0 unspecified atom stereocenters. The second-order valence-corrected chi connectivity index (χ2v) is 6.36. The highest BCUT2D eigenvalue weighted by Crippen LogP contribution is 2.50. The second kappa shape index (κ2) is 7.55. The van der Waals surface area contributed by atoms with E-state index in [1.54, 1.807) is 13.0 Å². The van der Waals surface area contributed by atoms with Gasteiger partial charge < -0.3 is 9.30 Å². The quantitative estimate of drug-likeness (QED) is 0.510. The van der Waals surface area contributed by atoms with Gasteiger partial charge in [0.25, 0.3) is 0 Å². The van der Waals surface area contributed by atoms with Crippen molar-refractivity contribution in [3.05, 3.63) is 45.0 Å². The van der Waals surface area contributed by atoms with Crippen LogP contribution in [0.3, 0.4) is 0 Å². The number of nitriles is 1. The smallest absolute Gasteiger partial charge is 0.361 e. The van der Waals surface area contributed by atoms with Crippen molar-refractivity contribution in [1.29, 1.82) is 5.26 Å². The Bertz CT molecular complexity index is 840. The average molecular weight is 458 g/mol. The molecule has 10 heteroatoms. The van der Waals surface area contributed by atoms with Crippen LogP contribution >= 0.6 is 27.5 Å². The molecule has 0 bridgehead atoms. The molecular weight excluding hydrogens is 447 g/mol. The molecule has 140 valence electrons. The monoisotopic (exact) mass is 456 g/mol. The van der Waals surface area contributed by atoms with Gasteiger partial charge in [-0.3, -0.25) is 0 Å². The van der Waals surface area contributed by atoms with Crippen molar-refractivity contribution in [2.45, 2.75) is 25.8 Å². The van der Waals surface area contributed by atoms with Crippen molar-refractivity contribution in [2.24, 2.45) is 0 Å². The number of aromatic nitrogens is 1. The maximum Gasteiger partial charge on any atom is 0.459 e. The number of halogens is 7. The van der Waals surface area contributed by atoms with Crippen molar-refractivity contribution in [3.8, 4) is 17.3 Å². The molecule has 0 amide bonds. The molecule has 0 saturated carbocycles. The summed E-state index contributed by atoms with van der Waals surface area (Å²) in [5.74, 6) is -5.20. The Hall–Kier alpha value is -1.63.